The maximum Gasteiger partial charge on any atom is 0.238 e. The van der Waals surface area contributed by atoms with Crippen LogP contribution in [-0.4, -0.2) is 35.6 Å². The maximum absolute atomic E-state index is 14.2. The number of allylic oxidation sites excluding steroid dienone is 6. The average Bonchev–Trinajstić information content (AvgIpc) is 3.29. The highest BCUT2D eigenvalue weighted by atomic mass is 16.5. The van der Waals surface area contributed by atoms with Gasteiger partial charge in [-0.2, -0.15) is 0 Å². The molecular weight excluding hydrogens is 556 g/mol. The lowest BCUT2D eigenvalue weighted by atomic mass is 9.59. The van der Waals surface area contributed by atoms with Crippen LogP contribution in [0.25, 0.3) is 0 Å². The number of nitrogens with one attached hydrogen (secondary N) is 1. The van der Waals surface area contributed by atoms with Crippen LogP contribution >= 0.6 is 0 Å². The number of Topliss-reactive ketones (excluding diaryl/α,β-unsaturated/α-hetero) is 1. The van der Waals surface area contributed by atoms with Crippen molar-refractivity contribution < 1.29 is 29.0 Å². The molecule has 0 saturated carbocycles. The second kappa shape index (κ2) is 10.5. The smallest absolute Gasteiger partial charge is 0.238 e. The van der Waals surface area contributed by atoms with Crippen molar-refractivity contribution in [3.05, 3.63) is 113 Å². The first kappa shape index (κ1) is 27.6. The molecule has 2 N–H and O–H groups in total. The van der Waals surface area contributed by atoms with Crippen molar-refractivity contribution in [1.82, 2.24) is 0 Å². The fraction of sp³-hybridized carbons (Fsp3) is 0.222. The Labute approximate surface area is 254 Å². The summed E-state index contributed by atoms with van der Waals surface area (Å²) in [5, 5.41) is 14.3. The predicted molar refractivity (Wildman–Crippen MR) is 165 cm³/mol. The first-order chi connectivity index (χ1) is 21.3. The summed E-state index contributed by atoms with van der Waals surface area (Å²) >= 11 is 0. The number of carbonyl (C=O) groups is 4. The van der Waals surface area contributed by atoms with Gasteiger partial charge in [-0.25, -0.2) is 0 Å². The lowest BCUT2D eigenvalue weighted by Crippen LogP contribution is -2.39. The summed E-state index contributed by atoms with van der Waals surface area (Å²) in [4.78, 5) is 56.2. The Morgan fingerprint density at radius 2 is 1.61 bits per heavy atom. The number of fused-ring (bicyclic) bond motifs is 3. The van der Waals surface area contributed by atoms with Crippen molar-refractivity contribution in [3.8, 4) is 11.5 Å². The third kappa shape index (κ3) is 4.28. The molecule has 4 atom stereocenters. The van der Waals surface area contributed by atoms with Gasteiger partial charge >= 0.3 is 0 Å². The molecule has 44 heavy (non-hydrogen) atoms. The zero-order valence-corrected chi connectivity index (χ0v) is 24.2. The van der Waals surface area contributed by atoms with Gasteiger partial charge in [-0.3, -0.25) is 24.1 Å². The van der Waals surface area contributed by atoms with Crippen LogP contribution in [0.15, 0.2) is 107 Å². The molecule has 0 unspecified atom stereocenters. The van der Waals surface area contributed by atoms with Gasteiger partial charge in [0.1, 0.15) is 11.5 Å². The molecule has 8 nitrogen and oxygen atoms in total. The van der Waals surface area contributed by atoms with E-state index in [9.17, 15) is 24.3 Å². The molecular formula is C36H30N2O6. The number of phenolic OH excluding ortho intramolecular Hbond substituents is 1. The lowest BCUT2D eigenvalue weighted by molar-refractivity contribution is -0.123. The highest BCUT2D eigenvalue weighted by molar-refractivity contribution is 6.25. The Balaban J connectivity index is 1.27. The molecule has 1 fully saturated rings. The van der Waals surface area contributed by atoms with Gasteiger partial charge in [0, 0.05) is 39.6 Å². The van der Waals surface area contributed by atoms with E-state index in [-0.39, 0.29) is 35.6 Å². The van der Waals surface area contributed by atoms with E-state index < -0.39 is 23.7 Å². The molecule has 3 aromatic rings. The second-order valence-electron chi connectivity index (χ2n) is 11.7. The molecule has 0 bridgehead atoms. The van der Waals surface area contributed by atoms with E-state index in [1.165, 1.54) is 24.2 Å². The van der Waals surface area contributed by atoms with Crippen molar-refractivity contribution >= 4 is 40.4 Å². The predicted octanol–water partition coefficient (Wildman–Crippen LogP) is 5.78. The summed E-state index contributed by atoms with van der Waals surface area (Å²) in [6, 6.07) is 21.6. The molecule has 1 aliphatic heterocycles. The summed E-state index contributed by atoms with van der Waals surface area (Å²) in [6.07, 6.45) is 3.77. The number of methoxy groups -OCH3 is 1. The molecule has 0 radical (unpaired) electrons. The molecule has 3 aromatic carbocycles. The topological polar surface area (TPSA) is 113 Å². The Kier molecular flexibility index (Phi) is 6.57. The van der Waals surface area contributed by atoms with Crippen molar-refractivity contribution in [3.63, 3.8) is 0 Å². The summed E-state index contributed by atoms with van der Waals surface area (Å²) in [7, 11) is 1.51. The van der Waals surface area contributed by atoms with Crippen LogP contribution in [0.3, 0.4) is 0 Å². The van der Waals surface area contributed by atoms with E-state index in [1.54, 1.807) is 31.2 Å². The summed E-state index contributed by atoms with van der Waals surface area (Å²) in [6.45, 7) is 1.61. The molecule has 0 aromatic heterocycles. The van der Waals surface area contributed by atoms with E-state index in [0.717, 1.165) is 16.9 Å². The number of hydrogen-bond donors (Lipinski definition) is 2. The number of aromatic hydroxyl groups is 1. The molecule has 8 heteroatoms. The first-order valence-corrected chi connectivity index (χ1v) is 14.6. The molecule has 4 aliphatic rings. The van der Waals surface area contributed by atoms with E-state index in [2.05, 4.69) is 5.32 Å². The van der Waals surface area contributed by atoms with E-state index in [0.29, 0.717) is 40.1 Å². The van der Waals surface area contributed by atoms with Crippen LogP contribution in [0.4, 0.5) is 17.1 Å². The number of hydrogen-bond acceptors (Lipinski definition) is 7. The van der Waals surface area contributed by atoms with E-state index >= 15 is 0 Å². The second-order valence-corrected chi connectivity index (χ2v) is 11.7. The van der Waals surface area contributed by atoms with E-state index in [1.807, 2.05) is 48.5 Å². The number of rotatable bonds is 5. The number of amides is 2. The fourth-order valence-corrected chi connectivity index (χ4v) is 7.26. The zero-order chi connectivity index (χ0) is 30.7. The van der Waals surface area contributed by atoms with Gasteiger partial charge in [-0.1, -0.05) is 29.8 Å². The minimum absolute atomic E-state index is 0.0440. The van der Waals surface area contributed by atoms with Crippen LogP contribution in [0.1, 0.15) is 31.2 Å². The van der Waals surface area contributed by atoms with Crippen molar-refractivity contribution in [2.24, 2.45) is 17.8 Å². The standard InChI is InChI=1S/C36H30N2O6/c1-19-16-30(40)33-28(34(19)41)18-26-24(31(33)27-17-23(44-2)12-15-29(27)39)13-14-25-32(26)36(43)38(35(25)42)22-10-8-21(9-11-22)37-20-6-4-3-5-7-20/h3-13,15-17,25-26,31-32,37,39H,14,18H2,1-2H3/t25-,26+,31+,32-/m0/s1. The minimum Gasteiger partial charge on any atom is -0.508 e. The molecule has 220 valence electrons. The Morgan fingerprint density at radius 1 is 0.886 bits per heavy atom. The van der Waals surface area contributed by atoms with Crippen molar-refractivity contribution in [2.75, 3.05) is 17.3 Å². The Morgan fingerprint density at radius 3 is 2.34 bits per heavy atom. The number of carbonyl (C=O) groups excluding carboxylic acids is 4. The minimum atomic E-state index is -0.749. The van der Waals surface area contributed by atoms with Crippen LogP contribution < -0.4 is 15.0 Å². The number of para-hydroxylation sites is 1. The average molecular weight is 587 g/mol. The third-order valence-electron chi connectivity index (χ3n) is 9.30. The first-order valence-electron chi connectivity index (χ1n) is 14.6. The molecule has 0 spiro atoms. The number of ether oxygens (including phenoxy) is 1. The number of nitrogens with zero attached hydrogens (tertiary/aromatic N) is 1. The molecule has 3 aliphatic carbocycles. The van der Waals surface area contributed by atoms with Gasteiger partial charge in [-0.05, 0) is 86.4 Å². The number of imide groups is 1. The van der Waals surface area contributed by atoms with Gasteiger partial charge < -0.3 is 15.2 Å². The van der Waals surface area contributed by atoms with Gasteiger partial charge in [-0.15, -0.1) is 0 Å². The van der Waals surface area contributed by atoms with Crippen molar-refractivity contribution in [2.45, 2.75) is 25.7 Å². The highest BCUT2D eigenvalue weighted by Gasteiger charge is 2.56. The summed E-state index contributed by atoms with van der Waals surface area (Å²) in [5.41, 5.74) is 4.42. The quantitative estimate of drug-likeness (QED) is 0.221. The third-order valence-corrected chi connectivity index (χ3v) is 9.30. The monoisotopic (exact) mass is 586 g/mol. The fourth-order valence-electron chi connectivity index (χ4n) is 7.26. The lowest BCUT2D eigenvalue weighted by Gasteiger charge is -2.42. The highest BCUT2D eigenvalue weighted by Crippen LogP contribution is 2.56. The van der Waals surface area contributed by atoms with Gasteiger partial charge in [0.15, 0.2) is 11.6 Å². The molecule has 1 heterocycles. The van der Waals surface area contributed by atoms with Crippen LogP contribution in [0.5, 0.6) is 11.5 Å². The molecule has 1 saturated heterocycles. The number of phenols is 1. The molecule has 7 rings (SSSR count). The van der Waals surface area contributed by atoms with Crippen LogP contribution in [-0.2, 0) is 19.2 Å². The Bertz CT molecular complexity index is 1840. The maximum atomic E-state index is 14.2. The van der Waals surface area contributed by atoms with Gasteiger partial charge in [0.05, 0.1) is 24.6 Å². The number of ketones is 2. The summed E-state index contributed by atoms with van der Waals surface area (Å²) < 4.78 is 5.42. The van der Waals surface area contributed by atoms with Gasteiger partial charge in [0.25, 0.3) is 0 Å². The molecule has 2 amide bonds. The number of anilines is 3. The van der Waals surface area contributed by atoms with Crippen LogP contribution in [0.2, 0.25) is 0 Å². The van der Waals surface area contributed by atoms with Crippen molar-refractivity contribution in [1.29, 1.82) is 0 Å². The Hall–Kier alpha value is -5.24. The number of benzene rings is 3. The zero-order valence-electron chi connectivity index (χ0n) is 24.2. The normalized spacial score (nSPS) is 24.4. The largest absolute Gasteiger partial charge is 0.508 e. The van der Waals surface area contributed by atoms with Crippen LogP contribution in [0, 0.1) is 17.8 Å². The van der Waals surface area contributed by atoms with E-state index in [4.69, 9.17) is 4.74 Å². The SMILES string of the molecule is COc1ccc(O)c([C@H]2C3=CC[C@@H]4C(=O)N(c5ccc(Nc6ccccc6)cc5)C(=O)[C@@H]4[C@@H]3CC3=C2C(=O)C=C(C)C3=O)c1. The van der Waals surface area contributed by atoms with Gasteiger partial charge in [0.2, 0.25) is 11.8 Å². The summed E-state index contributed by atoms with van der Waals surface area (Å²) in [5.74, 6) is -3.23.